The molecule has 0 aliphatic rings. The molecular weight excluding hydrogens is 428 g/mol. The van der Waals surface area contributed by atoms with Crippen LogP contribution in [0.4, 0.5) is 17.6 Å². The third-order valence-electron chi connectivity index (χ3n) is 3.24. The van der Waals surface area contributed by atoms with Gasteiger partial charge in [-0.25, -0.2) is 14.4 Å². The number of benzene rings is 2. The average molecular weight is 436 g/mol. The lowest BCUT2D eigenvalue weighted by atomic mass is 10.2. The molecule has 3 nitrogen and oxygen atoms in total. The quantitative estimate of drug-likeness (QED) is 0.489. The molecule has 2 aromatic carbocycles. The predicted octanol–water partition coefficient (Wildman–Crippen LogP) is 5.78. The first kappa shape index (κ1) is 17.9. The topological polar surface area (TPSA) is 35.0 Å². The molecule has 0 radical (unpaired) electrons. The van der Waals surface area contributed by atoms with Crippen LogP contribution in [0.15, 0.2) is 40.9 Å². The molecule has 0 saturated heterocycles. The number of nitrogens with zero attached hydrogens (tertiary/aromatic N) is 2. The van der Waals surface area contributed by atoms with Crippen LogP contribution in [-0.2, 0) is 12.8 Å². The zero-order valence-electron chi connectivity index (χ0n) is 12.2. The number of halogens is 6. The molecule has 0 saturated carbocycles. The third-order valence-corrected chi connectivity index (χ3v) is 3.97. The van der Waals surface area contributed by atoms with Crippen LogP contribution in [0.1, 0.15) is 11.3 Å². The second kappa shape index (κ2) is 6.76. The van der Waals surface area contributed by atoms with Crippen LogP contribution < -0.4 is 4.74 Å². The second-order valence-corrected chi connectivity index (χ2v) is 6.38. The van der Waals surface area contributed by atoms with E-state index in [0.717, 1.165) is 6.07 Å². The summed E-state index contributed by atoms with van der Waals surface area (Å²) >= 11 is 8.86. The van der Waals surface area contributed by atoms with Gasteiger partial charge in [0.25, 0.3) is 0 Å². The maximum atomic E-state index is 13.8. The maximum Gasteiger partial charge on any atom is 0.438 e. The number of alkyl halides is 3. The van der Waals surface area contributed by atoms with Crippen molar-refractivity contribution in [2.75, 3.05) is 0 Å². The van der Waals surface area contributed by atoms with Gasteiger partial charge in [-0.2, -0.15) is 13.2 Å². The van der Waals surface area contributed by atoms with E-state index in [2.05, 4.69) is 25.9 Å². The lowest BCUT2D eigenvalue weighted by Gasteiger charge is -2.13. The van der Waals surface area contributed by atoms with Crippen molar-refractivity contribution in [3.05, 3.63) is 63.0 Å². The molecule has 0 aliphatic carbocycles. The molecule has 0 unspecified atom stereocenters. The number of rotatable bonds is 3. The molecule has 0 bridgehead atoms. The molecular formula is C16H8BrClF4N2O. The van der Waals surface area contributed by atoms with Gasteiger partial charge in [0.15, 0.2) is 0 Å². The zero-order valence-corrected chi connectivity index (χ0v) is 14.6. The normalized spacial score (nSPS) is 11.8. The highest BCUT2D eigenvalue weighted by Crippen LogP contribution is 2.35. The van der Waals surface area contributed by atoms with Crippen molar-refractivity contribution in [1.82, 2.24) is 9.97 Å². The molecule has 0 atom stereocenters. The summed E-state index contributed by atoms with van der Waals surface area (Å²) in [5, 5.41) is 0.174. The standard InChI is InChI=1S/C16H8BrClF4N2O/c17-9-2-4-12-13(5-9)24-15(14(23-12)16(20,21)22)25-7-8-1-3-10(18)6-11(8)19/h1-6H,7H2. The number of hydrogen-bond acceptors (Lipinski definition) is 3. The summed E-state index contributed by atoms with van der Waals surface area (Å²) in [4.78, 5) is 7.47. The van der Waals surface area contributed by atoms with Gasteiger partial charge in [0.05, 0.1) is 11.0 Å². The Labute approximate surface area is 152 Å². The minimum absolute atomic E-state index is 0.0497. The van der Waals surface area contributed by atoms with Gasteiger partial charge in [0.1, 0.15) is 12.4 Å². The molecule has 3 rings (SSSR count). The fourth-order valence-electron chi connectivity index (χ4n) is 2.08. The van der Waals surface area contributed by atoms with Crippen LogP contribution >= 0.6 is 27.5 Å². The summed E-state index contributed by atoms with van der Waals surface area (Å²) in [6, 6.07) is 8.27. The Morgan fingerprint density at radius 2 is 1.80 bits per heavy atom. The van der Waals surface area contributed by atoms with Crippen LogP contribution in [-0.4, -0.2) is 9.97 Å². The maximum absolute atomic E-state index is 13.8. The Bertz CT molecular complexity index is 949. The first-order chi connectivity index (χ1) is 11.7. The first-order valence-electron chi connectivity index (χ1n) is 6.85. The zero-order chi connectivity index (χ0) is 18.2. The van der Waals surface area contributed by atoms with Crippen molar-refractivity contribution < 1.29 is 22.3 Å². The predicted molar refractivity (Wildman–Crippen MR) is 88.0 cm³/mol. The van der Waals surface area contributed by atoms with E-state index in [1.807, 2.05) is 0 Å². The number of fused-ring (bicyclic) bond motifs is 1. The molecule has 0 fully saturated rings. The molecule has 0 amide bonds. The fraction of sp³-hybridized carbons (Fsp3) is 0.125. The van der Waals surface area contributed by atoms with Crippen LogP contribution in [0.5, 0.6) is 5.88 Å². The van der Waals surface area contributed by atoms with Crippen molar-refractivity contribution in [2.24, 2.45) is 0 Å². The monoisotopic (exact) mass is 434 g/mol. The van der Waals surface area contributed by atoms with Crippen molar-refractivity contribution in [3.8, 4) is 5.88 Å². The summed E-state index contributed by atoms with van der Waals surface area (Å²) < 4.78 is 59.2. The van der Waals surface area contributed by atoms with E-state index in [0.29, 0.717) is 4.47 Å². The van der Waals surface area contributed by atoms with Crippen molar-refractivity contribution in [1.29, 1.82) is 0 Å². The molecule has 0 N–H and O–H groups in total. The van der Waals surface area contributed by atoms with Crippen LogP contribution in [0.2, 0.25) is 5.02 Å². The fourth-order valence-corrected chi connectivity index (χ4v) is 2.59. The second-order valence-electron chi connectivity index (χ2n) is 5.03. The molecule has 0 aliphatic heterocycles. The van der Waals surface area contributed by atoms with Crippen molar-refractivity contribution in [3.63, 3.8) is 0 Å². The highest BCUT2D eigenvalue weighted by molar-refractivity contribution is 9.10. The van der Waals surface area contributed by atoms with E-state index in [1.165, 1.54) is 24.3 Å². The van der Waals surface area contributed by atoms with E-state index >= 15 is 0 Å². The van der Waals surface area contributed by atoms with E-state index in [-0.39, 0.29) is 21.6 Å². The number of ether oxygens (including phenoxy) is 1. The van der Waals surface area contributed by atoms with Crippen LogP contribution in [0.25, 0.3) is 11.0 Å². The smallest absolute Gasteiger partial charge is 0.438 e. The summed E-state index contributed by atoms with van der Waals surface area (Å²) in [6.45, 7) is -0.444. The molecule has 1 heterocycles. The van der Waals surface area contributed by atoms with E-state index in [1.54, 1.807) is 6.07 Å². The summed E-state index contributed by atoms with van der Waals surface area (Å²) in [5.41, 5.74) is -0.931. The minimum atomic E-state index is -4.76. The lowest BCUT2D eigenvalue weighted by Crippen LogP contribution is -2.13. The minimum Gasteiger partial charge on any atom is -0.471 e. The first-order valence-corrected chi connectivity index (χ1v) is 8.02. The molecule has 0 spiro atoms. The van der Waals surface area contributed by atoms with Crippen molar-refractivity contribution >= 4 is 38.6 Å². The van der Waals surface area contributed by atoms with Crippen molar-refractivity contribution in [2.45, 2.75) is 12.8 Å². The van der Waals surface area contributed by atoms with Gasteiger partial charge in [-0.1, -0.05) is 33.6 Å². The molecule has 3 aromatic rings. The van der Waals surface area contributed by atoms with Crippen LogP contribution in [0, 0.1) is 5.82 Å². The van der Waals surface area contributed by atoms with Gasteiger partial charge in [0, 0.05) is 15.1 Å². The van der Waals surface area contributed by atoms with E-state index in [4.69, 9.17) is 16.3 Å². The molecule has 9 heteroatoms. The third kappa shape index (κ3) is 4.01. The Kier molecular flexibility index (Phi) is 4.83. The summed E-state index contributed by atoms with van der Waals surface area (Å²) in [6.07, 6.45) is -4.76. The van der Waals surface area contributed by atoms with Gasteiger partial charge >= 0.3 is 6.18 Å². The largest absolute Gasteiger partial charge is 0.471 e. The molecule has 130 valence electrons. The van der Waals surface area contributed by atoms with Gasteiger partial charge in [-0.15, -0.1) is 0 Å². The average Bonchev–Trinajstić information content (AvgIpc) is 2.52. The van der Waals surface area contributed by atoms with Gasteiger partial charge < -0.3 is 4.74 Å². The van der Waals surface area contributed by atoms with Gasteiger partial charge in [-0.3, -0.25) is 0 Å². The highest BCUT2D eigenvalue weighted by Gasteiger charge is 2.38. The Morgan fingerprint density at radius 3 is 2.48 bits per heavy atom. The molecule has 25 heavy (non-hydrogen) atoms. The lowest BCUT2D eigenvalue weighted by molar-refractivity contribution is -0.142. The number of hydrogen-bond donors (Lipinski definition) is 0. The number of aromatic nitrogens is 2. The Hall–Kier alpha value is -1.93. The van der Waals surface area contributed by atoms with Crippen LogP contribution in [0.3, 0.4) is 0 Å². The highest BCUT2D eigenvalue weighted by atomic mass is 79.9. The van der Waals surface area contributed by atoms with Gasteiger partial charge in [-0.05, 0) is 30.3 Å². The van der Waals surface area contributed by atoms with Gasteiger partial charge in [0.2, 0.25) is 11.6 Å². The van der Waals surface area contributed by atoms with E-state index < -0.39 is 30.2 Å². The summed E-state index contributed by atoms with van der Waals surface area (Å²) in [5.74, 6) is -1.40. The SMILES string of the molecule is Fc1cc(Cl)ccc1COc1nc2cc(Br)ccc2nc1C(F)(F)F. The Morgan fingerprint density at radius 1 is 1.04 bits per heavy atom. The Balaban J connectivity index is 2.00. The van der Waals surface area contributed by atoms with E-state index in [9.17, 15) is 17.6 Å². The summed E-state index contributed by atoms with van der Waals surface area (Å²) in [7, 11) is 0. The molecule has 1 aromatic heterocycles.